The first-order chi connectivity index (χ1) is 15.1. The van der Waals surface area contributed by atoms with E-state index in [0.29, 0.717) is 37.5 Å². The molecule has 0 saturated carbocycles. The van der Waals surface area contributed by atoms with Crippen molar-refractivity contribution < 1.29 is 19.1 Å². The molecule has 4 rings (SSSR count). The number of nitrogens with zero attached hydrogens (tertiary/aromatic N) is 2. The second-order valence-electron chi connectivity index (χ2n) is 6.39. The van der Waals surface area contributed by atoms with Crippen molar-refractivity contribution in [2.45, 2.75) is 10.4 Å². The van der Waals surface area contributed by atoms with Gasteiger partial charge in [0.05, 0.1) is 17.6 Å². The molecule has 1 amide bonds. The Morgan fingerprint density at radius 3 is 2.77 bits per heavy atom. The first kappa shape index (κ1) is 21.0. The lowest BCUT2D eigenvalue weighted by molar-refractivity contribution is 0.102. The van der Waals surface area contributed by atoms with Crippen LogP contribution in [0, 0.1) is 0 Å². The van der Waals surface area contributed by atoms with Gasteiger partial charge in [0, 0.05) is 11.3 Å². The van der Waals surface area contributed by atoms with Gasteiger partial charge in [0.25, 0.3) is 5.91 Å². The minimum absolute atomic E-state index is 0.00312. The number of carbonyl (C=O) groups is 1. The van der Waals surface area contributed by atoms with Crippen LogP contribution in [-0.4, -0.2) is 39.7 Å². The van der Waals surface area contributed by atoms with Crippen molar-refractivity contribution in [3.63, 3.8) is 0 Å². The number of aliphatic hydroxyl groups is 1. The van der Waals surface area contributed by atoms with Crippen molar-refractivity contribution in [1.82, 2.24) is 10.2 Å². The summed E-state index contributed by atoms with van der Waals surface area (Å²) >= 11 is 2.52. The van der Waals surface area contributed by atoms with E-state index in [1.54, 1.807) is 42.5 Å². The predicted octanol–water partition coefficient (Wildman–Crippen LogP) is 3.43. The lowest BCUT2D eigenvalue weighted by Crippen LogP contribution is -2.20. The van der Waals surface area contributed by atoms with Crippen molar-refractivity contribution in [1.29, 1.82) is 0 Å². The molecular formula is C21H17N3O5S2. The molecule has 0 aliphatic rings. The monoisotopic (exact) mass is 455 g/mol. The van der Waals surface area contributed by atoms with E-state index in [2.05, 4.69) is 15.5 Å². The third-order valence-corrected chi connectivity index (χ3v) is 6.22. The molecule has 0 bridgehead atoms. The molecule has 2 aromatic heterocycles. The first-order valence-electron chi connectivity index (χ1n) is 9.25. The molecule has 0 aliphatic heterocycles. The largest absolute Gasteiger partial charge is 0.490 e. The highest BCUT2D eigenvalue weighted by Crippen LogP contribution is 2.27. The summed E-state index contributed by atoms with van der Waals surface area (Å²) in [6.45, 7) is -0.00312. The van der Waals surface area contributed by atoms with Crippen LogP contribution >= 0.6 is 23.1 Å². The van der Waals surface area contributed by atoms with Gasteiger partial charge in [0.2, 0.25) is 5.13 Å². The number of hydrogen-bond donors (Lipinski definition) is 2. The maximum atomic E-state index is 12.2. The van der Waals surface area contributed by atoms with E-state index >= 15 is 0 Å². The highest BCUT2D eigenvalue weighted by Gasteiger charge is 2.14. The van der Waals surface area contributed by atoms with Crippen molar-refractivity contribution in [3.05, 3.63) is 76.6 Å². The van der Waals surface area contributed by atoms with Crippen LogP contribution in [0.4, 0.5) is 5.13 Å². The second-order valence-corrected chi connectivity index (χ2v) is 8.64. The summed E-state index contributed by atoms with van der Waals surface area (Å²) in [6.07, 6.45) is -0.803. The average molecular weight is 456 g/mol. The third-order valence-electron chi connectivity index (χ3n) is 4.11. The fraction of sp³-hybridized carbons (Fsp3) is 0.143. The summed E-state index contributed by atoms with van der Waals surface area (Å²) in [5, 5.41) is 22.0. The number of amides is 1. The number of anilines is 1. The first-order valence-corrected chi connectivity index (χ1v) is 11.0. The van der Waals surface area contributed by atoms with E-state index in [1.165, 1.54) is 29.2 Å². The minimum Gasteiger partial charge on any atom is -0.490 e. The molecule has 0 radical (unpaired) electrons. The molecule has 0 fully saturated rings. The van der Waals surface area contributed by atoms with Crippen molar-refractivity contribution >= 4 is 45.1 Å². The molecule has 2 N–H and O–H groups in total. The lowest BCUT2D eigenvalue weighted by Gasteiger charge is -2.12. The number of para-hydroxylation sites is 1. The quantitative estimate of drug-likeness (QED) is 0.236. The Hall–Kier alpha value is -3.21. The van der Waals surface area contributed by atoms with Crippen LogP contribution in [0.3, 0.4) is 0 Å². The number of aliphatic hydroxyl groups excluding tert-OH is 1. The zero-order chi connectivity index (χ0) is 21.6. The molecule has 8 nitrogen and oxygen atoms in total. The number of carbonyl (C=O) groups excluding carboxylic acids is 1. The van der Waals surface area contributed by atoms with Gasteiger partial charge in [0.1, 0.15) is 17.9 Å². The number of aromatic nitrogens is 2. The number of hydrogen-bond acceptors (Lipinski definition) is 9. The summed E-state index contributed by atoms with van der Waals surface area (Å²) in [6, 6.07) is 17.1. The van der Waals surface area contributed by atoms with E-state index in [-0.39, 0.29) is 12.5 Å². The van der Waals surface area contributed by atoms with Gasteiger partial charge in [0.15, 0.2) is 4.34 Å². The Kier molecular flexibility index (Phi) is 6.60. The number of thioether (sulfide) groups is 1. The lowest BCUT2D eigenvalue weighted by atomic mass is 10.2. The van der Waals surface area contributed by atoms with Gasteiger partial charge in [-0.2, -0.15) is 0 Å². The molecule has 158 valence electrons. The minimum atomic E-state index is -0.803. The van der Waals surface area contributed by atoms with E-state index in [4.69, 9.17) is 9.15 Å². The van der Waals surface area contributed by atoms with Crippen molar-refractivity contribution in [2.24, 2.45) is 0 Å². The molecule has 0 saturated heterocycles. The average Bonchev–Trinajstić information content (AvgIpc) is 3.23. The summed E-state index contributed by atoms with van der Waals surface area (Å²) in [7, 11) is 0. The predicted molar refractivity (Wildman–Crippen MR) is 119 cm³/mol. The highest BCUT2D eigenvalue weighted by molar-refractivity contribution is 8.01. The van der Waals surface area contributed by atoms with Crippen LogP contribution in [0.15, 0.2) is 74.2 Å². The van der Waals surface area contributed by atoms with E-state index in [0.717, 1.165) is 0 Å². The van der Waals surface area contributed by atoms with Gasteiger partial charge >= 0.3 is 5.63 Å². The summed E-state index contributed by atoms with van der Waals surface area (Å²) < 4.78 is 11.4. The van der Waals surface area contributed by atoms with Crippen molar-refractivity contribution in [3.8, 4) is 5.75 Å². The standard InChI is InChI=1S/C21H17N3O5S2/c25-14(11-28-17-10-18(26)29-16-9-5-4-8-15(16)17)12-30-21-24-23-20(31-21)22-19(27)13-6-2-1-3-7-13/h1-10,14,25H,11-12H2,(H,22,23,27). The SMILES string of the molecule is O=C(Nc1nnc(SCC(O)COc2cc(=O)oc3ccccc23)s1)c1ccccc1. The fourth-order valence-electron chi connectivity index (χ4n) is 2.68. The molecule has 2 aromatic carbocycles. The topological polar surface area (TPSA) is 115 Å². The van der Waals surface area contributed by atoms with Gasteiger partial charge in [-0.3, -0.25) is 10.1 Å². The van der Waals surface area contributed by atoms with E-state index in [9.17, 15) is 14.7 Å². The summed E-state index contributed by atoms with van der Waals surface area (Å²) in [4.78, 5) is 23.8. The van der Waals surface area contributed by atoms with Gasteiger partial charge in [-0.25, -0.2) is 4.79 Å². The number of ether oxygens (including phenoxy) is 1. The molecule has 10 heteroatoms. The molecule has 31 heavy (non-hydrogen) atoms. The van der Waals surface area contributed by atoms with Crippen LogP contribution in [0.1, 0.15) is 10.4 Å². The van der Waals surface area contributed by atoms with Gasteiger partial charge in [-0.05, 0) is 24.3 Å². The molecule has 1 atom stereocenters. The number of fused-ring (bicyclic) bond motifs is 1. The normalized spacial score (nSPS) is 11.9. The Morgan fingerprint density at radius 2 is 1.94 bits per heavy atom. The van der Waals surface area contributed by atoms with Gasteiger partial charge in [-0.15, -0.1) is 10.2 Å². The summed E-state index contributed by atoms with van der Waals surface area (Å²) in [5.41, 5.74) is 0.436. The fourth-order valence-corrected chi connectivity index (χ4v) is 4.36. The molecular weight excluding hydrogens is 438 g/mol. The van der Waals surface area contributed by atoms with Crippen LogP contribution in [-0.2, 0) is 0 Å². The second kappa shape index (κ2) is 9.73. The molecule has 2 heterocycles. The number of rotatable bonds is 8. The Balaban J connectivity index is 1.29. The maximum absolute atomic E-state index is 12.2. The van der Waals surface area contributed by atoms with E-state index in [1.807, 2.05) is 12.1 Å². The van der Waals surface area contributed by atoms with Crippen LogP contribution < -0.4 is 15.7 Å². The Bertz CT molecular complexity index is 1240. The van der Waals surface area contributed by atoms with Crippen LogP contribution in [0.5, 0.6) is 5.75 Å². The number of benzene rings is 2. The zero-order valence-electron chi connectivity index (χ0n) is 16.1. The zero-order valence-corrected chi connectivity index (χ0v) is 17.7. The van der Waals surface area contributed by atoms with Crippen LogP contribution in [0.2, 0.25) is 0 Å². The molecule has 0 aliphatic carbocycles. The Labute approximate surface area is 184 Å². The molecule has 4 aromatic rings. The smallest absolute Gasteiger partial charge is 0.339 e. The third kappa shape index (κ3) is 5.48. The molecule has 1 unspecified atom stereocenters. The van der Waals surface area contributed by atoms with Crippen LogP contribution in [0.25, 0.3) is 11.0 Å². The van der Waals surface area contributed by atoms with E-state index < -0.39 is 11.7 Å². The summed E-state index contributed by atoms with van der Waals surface area (Å²) in [5.74, 6) is 0.403. The highest BCUT2D eigenvalue weighted by atomic mass is 32.2. The van der Waals surface area contributed by atoms with Crippen molar-refractivity contribution in [2.75, 3.05) is 17.7 Å². The van der Waals surface area contributed by atoms with Gasteiger partial charge < -0.3 is 14.3 Å². The van der Waals surface area contributed by atoms with Gasteiger partial charge in [-0.1, -0.05) is 53.4 Å². The molecule has 0 spiro atoms. The Morgan fingerprint density at radius 1 is 1.16 bits per heavy atom. The maximum Gasteiger partial charge on any atom is 0.339 e. The number of nitrogens with one attached hydrogen (secondary N) is 1.